The monoisotopic (exact) mass is 589 g/mol. The number of rotatable bonds is 7. The summed E-state index contributed by atoms with van der Waals surface area (Å²) in [6.07, 6.45) is 3.91. The van der Waals surface area contributed by atoms with E-state index in [1.807, 2.05) is 6.07 Å². The van der Waals surface area contributed by atoms with E-state index in [2.05, 4.69) is 20.3 Å². The number of fused-ring (bicyclic) bond motifs is 1. The molecule has 0 aliphatic carbocycles. The van der Waals surface area contributed by atoms with E-state index in [0.717, 1.165) is 36.3 Å². The fourth-order valence-electron chi connectivity index (χ4n) is 5.19. The van der Waals surface area contributed by atoms with Gasteiger partial charge in [-0.1, -0.05) is 18.5 Å². The van der Waals surface area contributed by atoms with Gasteiger partial charge in [-0.25, -0.2) is 9.37 Å². The minimum Gasteiger partial charge on any atom is -0.373 e. The molecule has 5 rings (SSSR count). The Labute approximate surface area is 236 Å². The number of nitrogens with zero attached hydrogens (tertiary/aromatic N) is 4. The third-order valence-electron chi connectivity index (χ3n) is 7.61. The second-order valence-corrected chi connectivity index (χ2v) is 12.1. The lowest BCUT2D eigenvalue weighted by atomic mass is 9.88. The van der Waals surface area contributed by atoms with Gasteiger partial charge < -0.3 is 15.4 Å². The molecule has 1 aromatic heterocycles. The molecule has 1 atom stereocenters. The van der Waals surface area contributed by atoms with Gasteiger partial charge in [0.05, 0.1) is 57.6 Å². The quantitative estimate of drug-likeness (QED) is 0.380. The first-order valence-electron chi connectivity index (χ1n) is 12.9. The molecule has 1 unspecified atom stereocenters. The maximum absolute atomic E-state index is 15.0. The van der Waals surface area contributed by atoms with Crippen molar-refractivity contribution in [1.82, 2.24) is 19.2 Å². The van der Waals surface area contributed by atoms with Gasteiger partial charge in [-0.3, -0.25) is 14.1 Å². The summed E-state index contributed by atoms with van der Waals surface area (Å²) in [6, 6.07) is 6.95. The topological polar surface area (TPSA) is 141 Å². The van der Waals surface area contributed by atoms with Crippen molar-refractivity contribution >= 4 is 49.8 Å². The molecule has 0 bridgehead atoms. The van der Waals surface area contributed by atoms with Gasteiger partial charge in [-0.15, -0.1) is 0 Å². The lowest BCUT2D eigenvalue weighted by Gasteiger charge is -2.32. The van der Waals surface area contributed by atoms with E-state index in [4.69, 9.17) is 16.3 Å². The molecule has 2 aliphatic heterocycles. The maximum atomic E-state index is 15.0. The fourth-order valence-corrected chi connectivity index (χ4v) is 6.42. The molecule has 40 heavy (non-hydrogen) atoms. The zero-order valence-corrected chi connectivity index (χ0v) is 23.6. The molecule has 2 fully saturated rings. The summed E-state index contributed by atoms with van der Waals surface area (Å²) < 4.78 is 51.1. The number of anilines is 3. The molecule has 3 aromatic rings. The van der Waals surface area contributed by atoms with Crippen LogP contribution in [0, 0.1) is 17.1 Å². The summed E-state index contributed by atoms with van der Waals surface area (Å²) in [5.74, 6) is -0.807. The van der Waals surface area contributed by atoms with Crippen molar-refractivity contribution in [2.45, 2.75) is 37.8 Å². The molecule has 2 saturated heterocycles. The molecular weight excluding hydrogens is 561 g/mol. The summed E-state index contributed by atoms with van der Waals surface area (Å²) in [6.45, 7) is 3.94. The second kappa shape index (κ2) is 10.9. The molecule has 1 spiro atoms. The van der Waals surface area contributed by atoms with E-state index >= 15 is 0 Å². The molecule has 0 amide bonds. The van der Waals surface area contributed by atoms with E-state index in [1.165, 1.54) is 30.1 Å². The number of ether oxygens (including phenoxy) is 1. The molecule has 11 nitrogen and oxygen atoms in total. The molecule has 2 aromatic carbocycles. The van der Waals surface area contributed by atoms with Crippen LogP contribution in [0.3, 0.4) is 0 Å². The third-order valence-corrected chi connectivity index (χ3v) is 9.56. The third kappa shape index (κ3) is 5.13. The number of benzene rings is 2. The highest BCUT2D eigenvalue weighted by Crippen LogP contribution is 2.39. The summed E-state index contributed by atoms with van der Waals surface area (Å²) in [7, 11) is -2.60. The molecule has 212 valence electrons. The highest BCUT2D eigenvalue weighted by atomic mass is 35.5. The van der Waals surface area contributed by atoms with Crippen molar-refractivity contribution in [3.05, 3.63) is 57.3 Å². The van der Waals surface area contributed by atoms with Crippen LogP contribution in [-0.2, 0) is 14.9 Å². The summed E-state index contributed by atoms with van der Waals surface area (Å²) in [4.78, 5) is 18.1. The zero-order chi connectivity index (χ0) is 28.7. The summed E-state index contributed by atoms with van der Waals surface area (Å²) >= 11 is 6.69. The van der Waals surface area contributed by atoms with Gasteiger partial charge in [0.1, 0.15) is 17.4 Å². The molecule has 0 saturated carbocycles. The van der Waals surface area contributed by atoms with Gasteiger partial charge in [0.15, 0.2) is 0 Å². The number of nitrogens with one attached hydrogen (secondary N) is 3. The van der Waals surface area contributed by atoms with Crippen LogP contribution in [-0.4, -0.2) is 61.2 Å². The van der Waals surface area contributed by atoms with Gasteiger partial charge in [-0.05, 0) is 56.6 Å². The Kier molecular flexibility index (Phi) is 7.73. The smallest absolute Gasteiger partial charge is 0.301 e. The van der Waals surface area contributed by atoms with Crippen molar-refractivity contribution in [1.29, 1.82) is 5.26 Å². The van der Waals surface area contributed by atoms with Crippen LogP contribution < -0.4 is 20.9 Å². The van der Waals surface area contributed by atoms with Crippen LogP contribution >= 0.6 is 11.6 Å². The minimum atomic E-state index is -3.97. The Morgan fingerprint density at radius 1 is 1.30 bits per heavy atom. The van der Waals surface area contributed by atoms with Crippen molar-refractivity contribution in [3.8, 4) is 6.07 Å². The standard InChI is InChI=1S/C26H29ClFN7O4S/c1-3-34(2)40(37,38)33-19-5-4-18(28)24(17(19)13-29)32-21-7-6-20-22(23(21)27)25(36)35(15-31-20)16-12-26(39-14-16)8-10-30-11-9-26/h4-7,15-16,30,32-33H,3,8-12,14H2,1-2H3. The van der Waals surface area contributed by atoms with Gasteiger partial charge in [0, 0.05) is 13.6 Å². The number of hydrogen-bond acceptors (Lipinski definition) is 8. The molecular formula is C26H29ClFN7O4S. The zero-order valence-electron chi connectivity index (χ0n) is 22.0. The van der Waals surface area contributed by atoms with Crippen molar-refractivity contribution in [2.24, 2.45) is 0 Å². The highest BCUT2D eigenvalue weighted by molar-refractivity contribution is 7.90. The Hall–Kier alpha value is -3.28. The number of piperidine rings is 1. The minimum absolute atomic E-state index is 0.000153. The lowest BCUT2D eigenvalue weighted by Crippen LogP contribution is -2.41. The largest absolute Gasteiger partial charge is 0.373 e. The predicted molar refractivity (Wildman–Crippen MR) is 151 cm³/mol. The van der Waals surface area contributed by atoms with Crippen molar-refractivity contribution < 1.29 is 17.5 Å². The summed E-state index contributed by atoms with van der Waals surface area (Å²) in [5.41, 5.74) is -0.778. The Morgan fingerprint density at radius 2 is 2.02 bits per heavy atom. The van der Waals surface area contributed by atoms with E-state index in [1.54, 1.807) is 13.0 Å². The number of nitriles is 1. The number of halogens is 2. The van der Waals surface area contributed by atoms with Crippen LogP contribution in [0.2, 0.25) is 5.02 Å². The predicted octanol–water partition coefficient (Wildman–Crippen LogP) is 3.50. The van der Waals surface area contributed by atoms with Crippen LogP contribution in [0.4, 0.5) is 21.5 Å². The number of aromatic nitrogens is 2. The normalized spacial score (nSPS) is 18.8. The lowest BCUT2D eigenvalue weighted by molar-refractivity contribution is -0.0196. The SMILES string of the molecule is CCN(C)S(=O)(=O)Nc1ccc(F)c(Nc2ccc3ncn(C4COC5(CCNCC5)C4)c(=O)c3c2Cl)c1C#N. The van der Waals surface area contributed by atoms with Gasteiger partial charge in [-0.2, -0.15) is 18.0 Å². The molecule has 0 radical (unpaired) electrons. The van der Waals surface area contributed by atoms with Gasteiger partial charge in [0.25, 0.3) is 5.56 Å². The molecule has 14 heteroatoms. The first kappa shape index (κ1) is 28.3. The van der Waals surface area contributed by atoms with E-state index in [0.29, 0.717) is 18.5 Å². The van der Waals surface area contributed by atoms with E-state index < -0.39 is 16.0 Å². The molecule has 3 N–H and O–H groups in total. The van der Waals surface area contributed by atoms with Crippen molar-refractivity contribution in [2.75, 3.05) is 43.3 Å². The Bertz CT molecular complexity index is 1670. The van der Waals surface area contributed by atoms with E-state index in [-0.39, 0.29) is 56.8 Å². The van der Waals surface area contributed by atoms with E-state index in [9.17, 15) is 22.9 Å². The summed E-state index contributed by atoms with van der Waals surface area (Å²) in [5, 5.41) is 16.1. The van der Waals surface area contributed by atoms with Crippen LogP contribution in [0.1, 0.15) is 37.8 Å². The molecule has 2 aliphatic rings. The maximum Gasteiger partial charge on any atom is 0.301 e. The average Bonchev–Trinajstić information content (AvgIpc) is 3.34. The van der Waals surface area contributed by atoms with Crippen LogP contribution in [0.25, 0.3) is 10.9 Å². The first-order valence-corrected chi connectivity index (χ1v) is 14.7. The molecule has 3 heterocycles. The van der Waals surface area contributed by atoms with Crippen LogP contribution in [0.15, 0.2) is 35.4 Å². The van der Waals surface area contributed by atoms with Gasteiger partial charge in [0.2, 0.25) is 0 Å². The Morgan fingerprint density at radius 3 is 2.73 bits per heavy atom. The number of hydrogen-bond donors (Lipinski definition) is 3. The first-order chi connectivity index (χ1) is 19.1. The highest BCUT2D eigenvalue weighted by Gasteiger charge is 2.42. The fraction of sp³-hybridized carbons (Fsp3) is 0.423. The Balaban J connectivity index is 1.51. The van der Waals surface area contributed by atoms with Gasteiger partial charge >= 0.3 is 10.2 Å². The average molecular weight is 590 g/mol. The van der Waals surface area contributed by atoms with Crippen molar-refractivity contribution in [3.63, 3.8) is 0 Å². The second-order valence-electron chi connectivity index (χ2n) is 9.98. The van der Waals surface area contributed by atoms with Crippen LogP contribution in [0.5, 0.6) is 0 Å².